The Hall–Kier alpha value is -2.01. The van der Waals surface area contributed by atoms with Gasteiger partial charge in [0.25, 0.3) is 0 Å². The topological polar surface area (TPSA) is 34.2 Å². The Labute approximate surface area is 140 Å². The molecule has 0 aromatic carbocycles. The molecule has 0 N–H and O–H groups in total. The molecule has 0 amide bonds. The Morgan fingerprint density at radius 2 is 2.09 bits per heavy atom. The number of hydrogen-bond acceptors (Lipinski definition) is 4. The molecule has 0 bridgehead atoms. The molecule has 0 radical (unpaired) electrons. The summed E-state index contributed by atoms with van der Waals surface area (Å²) in [5.74, 6) is 0.981. The lowest BCUT2D eigenvalue weighted by atomic mass is 10.2. The van der Waals surface area contributed by atoms with Crippen LogP contribution >= 0.6 is 11.3 Å². The zero-order valence-corrected chi connectivity index (χ0v) is 14.4. The molecule has 1 aliphatic rings. The molecule has 3 aromatic rings. The summed E-state index contributed by atoms with van der Waals surface area (Å²) >= 11 is 1.76. The zero-order chi connectivity index (χ0) is 15.8. The molecule has 1 aliphatic heterocycles. The fraction of sp³-hybridized carbons (Fsp3) is 0.389. The first kappa shape index (κ1) is 14.6. The van der Waals surface area contributed by atoms with Gasteiger partial charge in [-0.05, 0) is 44.9 Å². The molecular formula is C18H21N3OS. The maximum absolute atomic E-state index is 5.49. The number of anilines is 1. The highest BCUT2D eigenvalue weighted by Gasteiger charge is 2.18. The van der Waals surface area contributed by atoms with Crippen LogP contribution in [0.3, 0.4) is 0 Å². The van der Waals surface area contributed by atoms with E-state index in [1.807, 2.05) is 12.1 Å². The number of rotatable bonds is 4. The molecule has 1 saturated heterocycles. The summed E-state index contributed by atoms with van der Waals surface area (Å²) in [5.41, 5.74) is 4.81. The van der Waals surface area contributed by atoms with Crippen LogP contribution in [0.1, 0.15) is 30.0 Å². The van der Waals surface area contributed by atoms with E-state index >= 15 is 0 Å². The summed E-state index contributed by atoms with van der Waals surface area (Å²) in [6, 6.07) is 6.20. The highest BCUT2D eigenvalue weighted by Crippen LogP contribution is 2.32. The molecule has 0 spiro atoms. The molecule has 0 atom stereocenters. The quantitative estimate of drug-likeness (QED) is 0.709. The Balaban J connectivity index is 1.64. The summed E-state index contributed by atoms with van der Waals surface area (Å²) in [4.78, 5) is 7.28. The number of aryl methyl sites for hydroxylation is 1. The lowest BCUT2D eigenvalue weighted by Crippen LogP contribution is -2.17. The second-order valence-electron chi connectivity index (χ2n) is 6.16. The third-order valence-corrected chi connectivity index (χ3v) is 5.51. The van der Waals surface area contributed by atoms with Crippen molar-refractivity contribution in [1.29, 1.82) is 0 Å². The number of hydrogen-bond donors (Lipinski definition) is 0. The van der Waals surface area contributed by atoms with Crippen molar-refractivity contribution in [1.82, 2.24) is 9.55 Å². The standard InChI is InChI=1S/C18H21N3OS/c1-13-10-16(14(2)21(13)11-15-6-5-9-22-15)17-12-23-18(19-17)20-7-3-4-8-20/h5-6,9-10,12H,3-4,7-8,11H2,1-2H3. The average molecular weight is 327 g/mol. The van der Waals surface area contributed by atoms with E-state index in [0.29, 0.717) is 0 Å². The van der Waals surface area contributed by atoms with Crippen molar-refractivity contribution in [2.75, 3.05) is 18.0 Å². The van der Waals surface area contributed by atoms with Gasteiger partial charge in [-0.3, -0.25) is 0 Å². The van der Waals surface area contributed by atoms with Gasteiger partial charge in [-0.2, -0.15) is 0 Å². The number of aromatic nitrogens is 2. The minimum absolute atomic E-state index is 0.772. The van der Waals surface area contributed by atoms with Crippen LogP contribution in [0, 0.1) is 13.8 Å². The van der Waals surface area contributed by atoms with E-state index in [4.69, 9.17) is 9.40 Å². The minimum Gasteiger partial charge on any atom is -0.467 e. The summed E-state index contributed by atoms with van der Waals surface area (Å²) in [5, 5.41) is 3.35. The third kappa shape index (κ3) is 2.70. The van der Waals surface area contributed by atoms with Crippen molar-refractivity contribution in [2.45, 2.75) is 33.2 Å². The molecule has 23 heavy (non-hydrogen) atoms. The largest absolute Gasteiger partial charge is 0.467 e. The summed E-state index contributed by atoms with van der Waals surface area (Å²) < 4.78 is 7.79. The average Bonchev–Trinajstić information content (AvgIpc) is 3.31. The van der Waals surface area contributed by atoms with E-state index in [1.165, 1.54) is 29.8 Å². The second-order valence-corrected chi connectivity index (χ2v) is 7.00. The van der Waals surface area contributed by atoms with Gasteiger partial charge in [0.15, 0.2) is 5.13 Å². The SMILES string of the molecule is Cc1cc(-c2csc(N3CCCC3)n2)c(C)n1Cc1ccco1. The number of nitrogens with zero attached hydrogens (tertiary/aromatic N) is 3. The van der Waals surface area contributed by atoms with Gasteiger partial charge in [0.05, 0.1) is 18.5 Å². The van der Waals surface area contributed by atoms with Crippen molar-refractivity contribution in [3.63, 3.8) is 0 Å². The normalized spacial score (nSPS) is 14.8. The van der Waals surface area contributed by atoms with Crippen molar-refractivity contribution >= 4 is 16.5 Å². The van der Waals surface area contributed by atoms with Crippen LogP contribution < -0.4 is 4.90 Å². The molecule has 4 rings (SSSR count). The van der Waals surface area contributed by atoms with Crippen molar-refractivity contribution in [2.24, 2.45) is 0 Å². The smallest absolute Gasteiger partial charge is 0.185 e. The van der Waals surface area contributed by atoms with E-state index < -0.39 is 0 Å². The zero-order valence-electron chi connectivity index (χ0n) is 13.6. The molecule has 3 aromatic heterocycles. The molecular weight excluding hydrogens is 306 g/mol. The van der Waals surface area contributed by atoms with Gasteiger partial charge in [0.1, 0.15) is 5.76 Å². The van der Waals surface area contributed by atoms with Gasteiger partial charge in [-0.1, -0.05) is 0 Å². The van der Waals surface area contributed by atoms with Gasteiger partial charge in [0.2, 0.25) is 0 Å². The molecule has 1 fully saturated rings. The van der Waals surface area contributed by atoms with E-state index in [0.717, 1.165) is 36.2 Å². The van der Waals surface area contributed by atoms with Gasteiger partial charge in [0, 0.05) is 35.4 Å². The van der Waals surface area contributed by atoms with Gasteiger partial charge >= 0.3 is 0 Å². The van der Waals surface area contributed by atoms with E-state index in [9.17, 15) is 0 Å². The molecule has 4 nitrogen and oxygen atoms in total. The van der Waals surface area contributed by atoms with E-state index in [2.05, 4.69) is 34.8 Å². The van der Waals surface area contributed by atoms with E-state index in [-0.39, 0.29) is 0 Å². The van der Waals surface area contributed by atoms with Crippen LogP contribution in [-0.4, -0.2) is 22.6 Å². The summed E-state index contributed by atoms with van der Waals surface area (Å²) in [6.07, 6.45) is 4.30. The Kier molecular flexibility index (Phi) is 3.73. The number of furan rings is 1. The molecule has 0 aliphatic carbocycles. The van der Waals surface area contributed by atoms with Gasteiger partial charge in [-0.15, -0.1) is 11.3 Å². The fourth-order valence-electron chi connectivity index (χ4n) is 3.30. The Morgan fingerprint density at radius 1 is 1.26 bits per heavy atom. The van der Waals surface area contributed by atoms with Crippen LogP contribution in [-0.2, 0) is 6.54 Å². The van der Waals surface area contributed by atoms with Crippen LogP contribution in [0.25, 0.3) is 11.3 Å². The predicted molar refractivity (Wildman–Crippen MR) is 94.3 cm³/mol. The van der Waals surface area contributed by atoms with E-state index in [1.54, 1.807) is 17.6 Å². The first-order valence-electron chi connectivity index (χ1n) is 8.12. The number of thiazole rings is 1. The molecule has 0 saturated carbocycles. The van der Waals surface area contributed by atoms with Crippen molar-refractivity contribution in [3.8, 4) is 11.3 Å². The monoisotopic (exact) mass is 327 g/mol. The van der Waals surface area contributed by atoms with Gasteiger partial charge in [-0.25, -0.2) is 4.98 Å². The molecule has 5 heteroatoms. The second kappa shape index (κ2) is 5.89. The van der Waals surface area contributed by atoms with Crippen molar-refractivity contribution < 1.29 is 4.42 Å². The lowest BCUT2D eigenvalue weighted by molar-refractivity contribution is 0.489. The highest BCUT2D eigenvalue weighted by molar-refractivity contribution is 7.14. The predicted octanol–water partition coefficient (Wildman–Crippen LogP) is 4.47. The van der Waals surface area contributed by atoms with Crippen molar-refractivity contribution in [3.05, 3.63) is 47.0 Å². The Morgan fingerprint density at radius 3 is 2.83 bits per heavy atom. The third-order valence-electron chi connectivity index (χ3n) is 4.61. The minimum atomic E-state index is 0.772. The first-order valence-corrected chi connectivity index (χ1v) is 9.00. The lowest BCUT2D eigenvalue weighted by Gasteiger charge is -2.12. The van der Waals surface area contributed by atoms with Crippen LogP contribution in [0.5, 0.6) is 0 Å². The van der Waals surface area contributed by atoms with Crippen LogP contribution in [0.15, 0.2) is 34.3 Å². The van der Waals surface area contributed by atoms with Gasteiger partial charge < -0.3 is 13.9 Å². The molecule has 4 heterocycles. The first-order chi connectivity index (χ1) is 11.2. The summed E-state index contributed by atoms with van der Waals surface area (Å²) in [6.45, 7) is 7.37. The molecule has 0 unspecified atom stereocenters. The van der Waals surface area contributed by atoms with Crippen LogP contribution in [0.2, 0.25) is 0 Å². The maximum Gasteiger partial charge on any atom is 0.185 e. The summed E-state index contributed by atoms with van der Waals surface area (Å²) in [7, 11) is 0. The van der Waals surface area contributed by atoms with Crippen LogP contribution in [0.4, 0.5) is 5.13 Å². The maximum atomic E-state index is 5.49. The Bertz CT molecular complexity index is 794. The fourth-order valence-corrected chi connectivity index (χ4v) is 4.18. The highest BCUT2D eigenvalue weighted by atomic mass is 32.1. The molecule has 120 valence electrons.